The van der Waals surface area contributed by atoms with Gasteiger partial charge in [-0.25, -0.2) is 9.97 Å². The highest BCUT2D eigenvalue weighted by Gasteiger charge is 2.47. The highest BCUT2D eigenvalue weighted by molar-refractivity contribution is 5.90. The molecule has 136 valence electrons. The van der Waals surface area contributed by atoms with E-state index in [1.54, 1.807) is 23.4 Å². The molecule has 0 N–H and O–H groups in total. The van der Waals surface area contributed by atoms with E-state index in [4.69, 9.17) is 14.2 Å². The number of carbonyl (C=O) groups is 1. The second-order valence-electron chi connectivity index (χ2n) is 7.26. The smallest absolute Gasteiger partial charge is 0.291 e. The molecule has 0 saturated carbocycles. The minimum Gasteiger partial charge on any atom is -0.381 e. The van der Waals surface area contributed by atoms with Crippen LogP contribution in [0, 0.1) is 5.92 Å². The molecule has 0 unspecified atom stereocenters. The zero-order valence-corrected chi connectivity index (χ0v) is 14.4. The molecule has 7 nitrogen and oxygen atoms in total. The van der Waals surface area contributed by atoms with Crippen molar-refractivity contribution < 1.29 is 19.0 Å². The lowest BCUT2D eigenvalue weighted by Gasteiger charge is -2.24. The highest BCUT2D eigenvalue weighted by atomic mass is 16.6. The van der Waals surface area contributed by atoms with Gasteiger partial charge in [-0.2, -0.15) is 0 Å². The van der Waals surface area contributed by atoms with E-state index in [1.807, 2.05) is 0 Å². The van der Waals surface area contributed by atoms with Crippen LogP contribution in [0.5, 0.6) is 0 Å². The summed E-state index contributed by atoms with van der Waals surface area (Å²) < 4.78 is 17.6. The molecule has 0 aliphatic carbocycles. The van der Waals surface area contributed by atoms with Gasteiger partial charge in [0.2, 0.25) is 5.82 Å². The third-order valence-electron chi connectivity index (χ3n) is 5.44. The summed E-state index contributed by atoms with van der Waals surface area (Å²) >= 11 is 0. The highest BCUT2D eigenvalue weighted by Crippen LogP contribution is 2.36. The number of amides is 1. The lowest BCUT2D eigenvalue weighted by molar-refractivity contribution is -0.0186. The quantitative estimate of drug-likeness (QED) is 0.817. The van der Waals surface area contributed by atoms with Crippen molar-refractivity contribution in [3.63, 3.8) is 0 Å². The number of hydrogen-bond acceptors (Lipinski definition) is 6. The van der Waals surface area contributed by atoms with Crippen molar-refractivity contribution >= 4 is 5.91 Å². The molecule has 1 amide bonds. The van der Waals surface area contributed by atoms with Crippen molar-refractivity contribution in [3.8, 4) is 0 Å². The molecule has 3 saturated heterocycles. The maximum atomic E-state index is 12.5. The monoisotopic (exact) mass is 347 g/mol. The molecule has 1 aromatic rings. The van der Waals surface area contributed by atoms with Crippen molar-refractivity contribution in [2.75, 3.05) is 39.5 Å². The van der Waals surface area contributed by atoms with Crippen LogP contribution in [0.1, 0.15) is 36.3 Å². The van der Waals surface area contributed by atoms with Gasteiger partial charge in [0, 0.05) is 38.6 Å². The van der Waals surface area contributed by atoms with Gasteiger partial charge in [0.1, 0.15) is 0 Å². The number of aromatic nitrogens is 2. The molecule has 1 spiro atoms. The second-order valence-corrected chi connectivity index (χ2v) is 7.26. The van der Waals surface area contributed by atoms with Gasteiger partial charge in [0.05, 0.1) is 31.5 Å². The molecule has 0 radical (unpaired) electrons. The van der Waals surface area contributed by atoms with Gasteiger partial charge >= 0.3 is 0 Å². The van der Waals surface area contributed by atoms with E-state index in [0.29, 0.717) is 25.6 Å². The maximum absolute atomic E-state index is 12.5. The average molecular weight is 347 g/mol. The standard InChI is InChI=1S/C18H25N3O4/c22-17(16-19-5-1-6-20-16)21-7-4-18(13-21)10-15(12-25-18)24-11-14-2-8-23-9-3-14/h1,5-6,14-15H,2-4,7-13H2/t15-,18+/m0/s1. The molecule has 1 aromatic heterocycles. The minimum absolute atomic E-state index is 0.118. The summed E-state index contributed by atoms with van der Waals surface area (Å²) in [7, 11) is 0. The summed E-state index contributed by atoms with van der Waals surface area (Å²) in [5, 5.41) is 0. The Bertz CT molecular complexity index is 593. The van der Waals surface area contributed by atoms with Crippen molar-refractivity contribution in [3.05, 3.63) is 24.3 Å². The Morgan fingerprint density at radius 2 is 2.12 bits per heavy atom. The SMILES string of the molecule is O=C(c1ncccn1)N1CC[C@@]2(C[C@H](OCC3CCOCC3)CO2)C1. The van der Waals surface area contributed by atoms with Crippen LogP contribution in [0.3, 0.4) is 0 Å². The molecule has 0 bridgehead atoms. The van der Waals surface area contributed by atoms with Gasteiger partial charge in [-0.15, -0.1) is 0 Å². The lowest BCUT2D eigenvalue weighted by atomic mass is 9.98. The van der Waals surface area contributed by atoms with Crippen LogP contribution in [0.25, 0.3) is 0 Å². The molecule has 25 heavy (non-hydrogen) atoms. The molecular formula is C18H25N3O4. The van der Waals surface area contributed by atoms with Crippen LogP contribution in [0.2, 0.25) is 0 Å². The molecular weight excluding hydrogens is 322 g/mol. The molecule has 0 aromatic carbocycles. The fourth-order valence-electron chi connectivity index (χ4n) is 3.95. The summed E-state index contributed by atoms with van der Waals surface area (Å²) in [5.41, 5.74) is -0.259. The van der Waals surface area contributed by atoms with Gasteiger partial charge in [-0.05, 0) is 31.2 Å². The van der Waals surface area contributed by atoms with E-state index in [9.17, 15) is 4.79 Å². The third kappa shape index (κ3) is 3.83. The second kappa shape index (κ2) is 7.35. The Morgan fingerprint density at radius 1 is 1.32 bits per heavy atom. The molecule has 3 fully saturated rings. The summed E-state index contributed by atoms with van der Waals surface area (Å²) in [6.07, 6.45) is 7.19. The fourth-order valence-corrected chi connectivity index (χ4v) is 3.95. The fraction of sp³-hybridized carbons (Fsp3) is 0.722. The molecule has 3 aliphatic rings. The van der Waals surface area contributed by atoms with Crippen molar-refractivity contribution in [1.82, 2.24) is 14.9 Å². The average Bonchev–Trinajstić information content (AvgIpc) is 3.28. The van der Waals surface area contributed by atoms with Gasteiger partial charge in [-0.1, -0.05) is 0 Å². The van der Waals surface area contributed by atoms with E-state index in [-0.39, 0.29) is 23.4 Å². The van der Waals surface area contributed by atoms with Crippen molar-refractivity contribution in [1.29, 1.82) is 0 Å². The van der Waals surface area contributed by atoms with E-state index >= 15 is 0 Å². The van der Waals surface area contributed by atoms with Crippen LogP contribution in [0.4, 0.5) is 0 Å². The van der Waals surface area contributed by atoms with Crippen LogP contribution in [-0.4, -0.2) is 72.0 Å². The number of carbonyl (C=O) groups excluding carboxylic acids is 1. The van der Waals surface area contributed by atoms with E-state index in [2.05, 4.69) is 9.97 Å². The Kier molecular flexibility index (Phi) is 4.96. The number of hydrogen-bond donors (Lipinski definition) is 0. The molecule has 4 heterocycles. The Morgan fingerprint density at radius 3 is 2.92 bits per heavy atom. The van der Waals surface area contributed by atoms with E-state index in [1.165, 1.54) is 0 Å². The van der Waals surface area contributed by atoms with Gasteiger partial charge in [-0.3, -0.25) is 4.79 Å². The minimum atomic E-state index is -0.259. The summed E-state index contributed by atoms with van der Waals surface area (Å²) in [4.78, 5) is 22.4. The summed E-state index contributed by atoms with van der Waals surface area (Å²) in [6.45, 7) is 4.38. The molecule has 7 heteroatoms. The first kappa shape index (κ1) is 16.9. The summed E-state index contributed by atoms with van der Waals surface area (Å²) in [6, 6.07) is 1.71. The van der Waals surface area contributed by atoms with Gasteiger partial charge < -0.3 is 19.1 Å². The lowest BCUT2D eigenvalue weighted by Crippen LogP contribution is -2.36. The predicted molar refractivity (Wildman–Crippen MR) is 89.1 cm³/mol. The first-order valence-corrected chi connectivity index (χ1v) is 9.14. The Balaban J connectivity index is 1.28. The molecule has 4 rings (SSSR count). The van der Waals surface area contributed by atoms with Crippen molar-refractivity contribution in [2.24, 2.45) is 5.92 Å². The molecule has 3 aliphatic heterocycles. The Labute approximate surface area is 147 Å². The number of rotatable bonds is 4. The van der Waals surface area contributed by atoms with Crippen LogP contribution in [-0.2, 0) is 14.2 Å². The normalized spacial score (nSPS) is 30.2. The maximum Gasteiger partial charge on any atom is 0.291 e. The van der Waals surface area contributed by atoms with Crippen LogP contribution < -0.4 is 0 Å². The summed E-state index contributed by atoms with van der Waals surface area (Å²) in [5.74, 6) is 0.736. The topological polar surface area (TPSA) is 73.8 Å². The Hall–Kier alpha value is -1.57. The number of likely N-dealkylation sites (tertiary alicyclic amines) is 1. The zero-order chi connectivity index (χ0) is 17.1. The van der Waals surface area contributed by atoms with E-state index in [0.717, 1.165) is 45.5 Å². The first-order valence-electron chi connectivity index (χ1n) is 9.14. The van der Waals surface area contributed by atoms with Crippen LogP contribution in [0.15, 0.2) is 18.5 Å². The third-order valence-corrected chi connectivity index (χ3v) is 5.44. The van der Waals surface area contributed by atoms with Gasteiger partial charge in [0.15, 0.2) is 0 Å². The van der Waals surface area contributed by atoms with Crippen molar-refractivity contribution in [2.45, 2.75) is 37.4 Å². The number of ether oxygens (including phenoxy) is 3. The van der Waals surface area contributed by atoms with Crippen LogP contribution >= 0.6 is 0 Å². The van der Waals surface area contributed by atoms with E-state index < -0.39 is 0 Å². The first-order chi connectivity index (χ1) is 12.2. The zero-order valence-electron chi connectivity index (χ0n) is 14.4. The molecule has 2 atom stereocenters. The predicted octanol–water partition coefficient (Wildman–Crippen LogP) is 1.29. The number of nitrogens with zero attached hydrogens (tertiary/aromatic N) is 3. The van der Waals surface area contributed by atoms with Gasteiger partial charge in [0.25, 0.3) is 5.91 Å². The largest absolute Gasteiger partial charge is 0.381 e.